The van der Waals surface area contributed by atoms with Gasteiger partial charge in [0.05, 0.1) is 6.42 Å². The van der Waals surface area contributed by atoms with Crippen LogP contribution in [0.25, 0.3) is 0 Å². The third-order valence-corrected chi connectivity index (χ3v) is 2.72. The van der Waals surface area contributed by atoms with Crippen LogP contribution in [0, 0.1) is 13.8 Å². The third kappa shape index (κ3) is 5.22. The molecule has 1 heterocycles. The lowest BCUT2D eigenvalue weighted by molar-refractivity contribution is -0.136. The molecule has 1 rings (SSSR count). The summed E-state index contributed by atoms with van der Waals surface area (Å²) in [7, 11) is 0. The van der Waals surface area contributed by atoms with Crippen LogP contribution in [-0.4, -0.2) is 28.7 Å². The smallest absolute Gasteiger partial charge is 0.370 e. The molecule has 0 fully saturated rings. The summed E-state index contributed by atoms with van der Waals surface area (Å²) in [6.07, 6.45) is -4.14. The molecule has 114 valence electrons. The quantitative estimate of drug-likeness (QED) is 0.839. The molecular weight excluding hydrogens is 269 g/mol. The monoisotopic (exact) mass is 290 g/mol. The minimum Gasteiger partial charge on any atom is -0.370 e. The summed E-state index contributed by atoms with van der Waals surface area (Å²) in [4.78, 5) is 8.45. The molecule has 0 aromatic carbocycles. The molecule has 0 bridgehead atoms. The maximum Gasteiger partial charge on any atom is 0.391 e. The van der Waals surface area contributed by atoms with Crippen molar-refractivity contribution in [3.05, 3.63) is 11.4 Å². The summed E-state index contributed by atoms with van der Waals surface area (Å²) < 4.78 is 37.0. The van der Waals surface area contributed by atoms with Crippen LogP contribution in [0.3, 0.4) is 0 Å². The first-order valence-electron chi connectivity index (χ1n) is 6.65. The molecule has 1 aromatic heterocycles. The lowest BCUT2D eigenvalue weighted by Gasteiger charge is -2.19. The Hall–Kier alpha value is -1.53. The van der Waals surface area contributed by atoms with Crippen molar-refractivity contribution in [1.29, 1.82) is 0 Å². The Morgan fingerprint density at radius 2 is 1.75 bits per heavy atom. The van der Waals surface area contributed by atoms with E-state index >= 15 is 0 Å². The molecule has 0 aliphatic rings. The van der Waals surface area contributed by atoms with Gasteiger partial charge in [-0.1, -0.05) is 6.92 Å². The van der Waals surface area contributed by atoms with Gasteiger partial charge in [-0.25, -0.2) is 9.97 Å². The normalized spacial score (nSPS) is 13.2. The first-order chi connectivity index (χ1) is 9.23. The molecule has 1 atom stereocenters. The number of aromatic nitrogens is 2. The maximum atomic E-state index is 12.3. The van der Waals surface area contributed by atoms with Gasteiger partial charge in [0.25, 0.3) is 0 Å². The molecule has 0 spiro atoms. The predicted octanol–water partition coefficient (Wildman–Crippen LogP) is 3.67. The highest BCUT2D eigenvalue weighted by Gasteiger charge is 2.30. The molecule has 1 unspecified atom stereocenters. The largest absolute Gasteiger partial charge is 0.391 e. The molecule has 0 radical (unpaired) electrons. The van der Waals surface area contributed by atoms with Gasteiger partial charge in [0.2, 0.25) is 0 Å². The summed E-state index contributed by atoms with van der Waals surface area (Å²) in [5.41, 5.74) is 0.734. The third-order valence-electron chi connectivity index (χ3n) is 2.72. The van der Waals surface area contributed by atoms with Gasteiger partial charge in [0, 0.05) is 18.2 Å². The number of nitrogens with one attached hydrogen (secondary N) is 2. The standard InChI is InChI=1S/C13H21F3N4/c1-5-6-17-11-9(3)12(20-10(4)19-11)18-8(2)7-13(14,15)16/h8H,5-7H2,1-4H3,(H2,17,18,19,20). The number of nitrogens with zero attached hydrogens (tertiary/aromatic N) is 2. The van der Waals surface area contributed by atoms with E-state index in [1.54, 1.807) is 13.8 Å². The van der Waals surface area contributed by atoms with Crippen LogP contribution >= 0.6 is 0 Å². The molecule has 7 heteroatoms. The van der Waals surface area contributed by atoms with Crippen LogP contribution < -0.4 is 10.6 Å². The Morgan fingerprint density at radius 1 is 1.15 bits per heavy atom. The number of hydrogen-bond acceptors (Lipinski definition) is 4. The number of hydrogen-bond donors (Lipinski definition) is 2. The van der Waals surface area contributed by atoms with Gasteiger partial charge in [-0.3, -0.25) is 0 Å². The number of alkyl halides is 3. The van der Waals surface area contributed by atoms with Crippen molar-refractivity contribution in [2.45, 2.75) is 52.8 Å². The van der Waals surface area contributed by atoms with E-state index in [1.165, 1.54) is 6.92 Å². The minimum atomic E-state index is -4.19. The van der Waals surface area contributed by atoms with Gasteiger partial charge in [0.15, 0.2) is 0 Å². The minimum absolute atomic E-state index is 0.452. The Kier molecular flexibility index (Phi) is 5.59. The van der Waals surface area contributed by atoms with E-state index in [2.05, 4.69) is 20.6 Å². The molecule has 0 saturated carbocycles. The number of rotatable bonds is 6. The summed E-state index contributed by atoms with van der Waals surface area (Å²) in [6, 6.07) is -0.734. The van der Waals surface area contributed by atoms with Gasteiger partial charge in [0.1, 0.15) is 17.5 Å². The van der Waals surface area contributed by atoms with E-state index in [1.807, 2.05) is 6.92 Å². The van der Waals surface area contributed by atoms with E-state index in [-0.39, 0.29) is 0 Å². The second-order valence-corrected chi connectivity index (χ2v) is 4.88. The highest BCUT2D eigenvalue weighted by atomic mass is 19.4. The second kappa shape index (κ2) is 6.76. The van der Waals surface area contributed by atoms with Gasteiger partial charge in [-0.15, -0.1) is 0 Å². The fraction of sp³-hybridized carbons (Fsp3) is 0.692. The zero-order valence-corrected chi connectivity index (χ0v) is 12.2. The van der Waals surface area contributed by atoms with Crippen LogP contribution in [0.5, 0.6) is 0 Å². The van der Waals surface area contributed by atoms with Crippen LogP contribution in [-0.2, 0) is 0 Å². The fourth-order valence-electron chi connectivity index (χ4n) is 1.82. The van der Waals surface area contributed by atoms with E-state index in [4.69, 9.17) is 0 Å². The highest BCUT2D eigenvalue weighted by molar-refractivity contribution is 5.57. The van der Waals surface area contributed by atoms with Crippen LogP contribution in [0.1, 0.15) is 38.1 Å². The van der Waals surface area contributed by atoms with Crippen LogP contribution in [0.2, 0.25) is 0 Å². The first kappa shape index (κ1) is 16.5. The van der Waals surface area contributed by atoms with Crippen molar-refractivity contribution in [3.63, 3.8) is 0 Å². The fourth-order valence-corrected chi connectivity index (χ4v) is 1.82. The molecular formula is C13H21F3N4. The van der Waals surface area contributed by atoms with E-state index in [9.17, 15) is 13.2 Å². The van der Waals surface area contributed by atoms with Gasteiger partial charge in [-0.05, 0) is 27.2 Å². The molecule has 0 aliphatic heterocycles. The lowest BCUT2D eigenvalue weighted by Crippen LogP contribution is -2.25. The molecule has 4 nitrogen and oxygen atoms in total. The Bertz CT molecular complexity index is 446. The highest BCUT2D eigenvalue weighted by Crippen LogP contribution is 2.25. The van der Waals surface area contributed by atoms with Gasteiger partial charge < -0.3 is 10.6 Å². The molecule has 0 amide bonds. The molecule has 0 aliphatic carbocycles. The van der Waals surface area contributed by atoms with Gasteiger partial charge >= 0.3 is 6.18 Å². The molecule has 2 N–H and O–H groups in total. The van der Waals surface area contributed by atoms with E-state index in [0.717, 1.165) is 18.5 Å². The number of anilines is 2. The summed E-state index contributed by atoms with van der Waals surface area (Å²) >= 11 is 0. The van der Waals surface area contributed by atoms with E-state index < -0.39 is 18.6 Å². The average molecular weight is 290 g/mol. The zero-order chi connectivity index (χ0) is 15.3. The molecule has 20 heavy (non-hydrogen) atoms. The average Bonchev–Trinajstić information content (AvgIpc) is 2.29. The van der Waals surface area contributed by atoms with Crippen molar-refractivity contribution in [2.24, 2.45) is 0 Å². The van der Waals surface area contributed by atoms with Gasteiger partial charge in [-0.2, -0.15) is 13.2 Å². The Labute approximate surface area is 117 Å². The van der Waals surface area contributed by atoms with Crippen LogP contribution in [0.15, 0.2) is 0 Å². The summed E-state index contributed by atoms with van der Waals surface area (Å²) in [5.74, 6) is 1.64. The second-order valence-electron chi connectivity index (χ2n) is 4.88. The first-order valence-corrected chi connectivity index (χ1v) is 6.65. The number of aryl methyl sites for hydroxylation is 1. The Morgan fingerprint density at radius 3 is 2.30 bits per heavy atom. The van der Waals surface area contributed by atoms with Crippen molar-refractivity contribution in [2.75, 3.05) is 17.2 Å². The van der Waals surface area contributed by atoms with Crippen LogP contribution in [0.4, 0.5) is 24.8 Å². The van der Waals surface area contributed by atoms with Crippen molar-refractivity contribution in [1.82, 2.24) is 9.97 Å². The number of halogens is 3. The van der Waals surface area contributed by atoms with Crippen molar-refractivity contribution < 1.29 is 13.2 Å². The lowest BCUT2D eigenvalue weighted by atomic mass is 10.2. The Balaban J connectivity index is 2.86. The predicted molar refractivity (Wildman–Crippen MR) is 74.0 cm³/mol. The maximum absolute atomic E-state index is 12.3. The topological polar surface area (TPSA) is 49.8 Å². The van der Waals surface area contributed by atoms with Crippen molar-refractivity contribution >= 4 is 11.6 Å². The summed E-state index contributed by atoms with van der Waals surface area (Å²) in [6.45, 7) is 7.79. The zero-order valence-electron chi connectivity index (χ0n) is 12.2. The molecule has 0 saturated heterocycles. The SMILES string of the molecule is CCCNc1nc(C)nc(NC(C)CC(F)(F)F)c1C. The van der Waals surface area contributed by atoms with E-state index in [0.29, 0.717) is 17.5 Å². The summed E-state index contributed by atoms with van der Waals surface area (Å²) in [5, 5.41) is 5.97. The molecule has 1 aromatic rings. The van der Waals surface area contributed by atoms with Crippen molar-refractivity contribution in [3.8, 4) is 0 Å².